The molecule has 55 heavy (non-hydrogen) atoms. The minimum atomic E-state index is -0.186. The van der Waals surface area contributed by atoms with Gasteiger partial charge in [-0.1, -0.05) is 48.5 Å². The molecule has 3 aliphatic rings. The number of amides is 2. The van der Waals surface area contributed by atoms with Crippen molar-refractivity contribution in [2.45, 2.75) is 37.9 Å². The van der Waals surface area contributed by atoms with Gasteiger partial charge in [0, 0.05) is 42.3 Å². The minimum Gasteiger partial charge on any atom is -0.493 e. The topological polar surface area (TPSA) is 102 Å². The van der Waals surface area contributed by atoms with Crippen LogP contribution in [-0.2, 0) is 31.8 Å². The molecule has 10 nitrogen and oxygen atoms in total. The van der Waals surface area contributed by atoms with Crippen LogP contribution in [0, 0.1) is 0 Å². The highest BCUT2D eigenvalue weighted by Crippen LogP contribution is 2.41. The van der Waals surface area contributed by atoms with E-state index in [1.807, 2.05) is 71.6 Å². The largest absolute Gasteiger partial charge is 0.493 e. The molecule has 0 radical (unpaired) electrons. The van der Waals surface area contributed by atoms with Gasteiger partial charge < -0.3 is 34.1 Å². The van der Waals surface area contributed by atoms with Crippen LogP contribution in [0.5, 0.6) is 23.0 Å². The fourth-order valence-electron chi connectivity index (χ4n) is 7.70. The third-order valence-corrected chi connectivity index (χ3v) is 10.6. The van der Waals surface area contributed by atoms with Crippen molar-refractivity contribution in [1.82, 2.24) is 0 Å². The number of methoxy groups -OCH3 is 2. The monoisotopic (exact) mass is 752 g/mol. The van der Waals surface area contributed by atoms with Gasteiger partial charge in [-0.3, -0.25) is 9.59 Å². The van der Waals surface area contributed by atoms with Gasteiger partial charge in [0.05, 0.1) is 42.8 Å². The zero-order valence-electron chi connectivity index (χ0n) is 30.6. The van der Waals surface area contributed by atoms with Crippen molar-refractivity contribution in [1.29, 1.82) is 0 Å². The van der Waals surface area contributed by atoms with Crippen LogP contribution in [0.1, 0.15) is 48.5 Å². The van der Waals surface area contributed by atoms with Crippen molar-refractivity contribution in [2.24, 2.45) is 4.99 Å². The minimum absolute atomic E-state index is 0.0204. The number of fused-ring (bicyclic) bond motifs is 5. The molecule has 0 spiro atoms. The Balaban J connectivity index is 1.00. The van der Waals surface area contributed by atoms with Crippen molar-refractivity contribution in [3.8, 4) is 23.0 Å². The maximum Gasteiger partial charge on any atom is 0.260 e. The number of para-hydroxylation sites is 2. The van der Waals surface area contributed by atoms with Crippen LogP contribution in [-0.4, -0.2) is 51.0 Å². The smallest absolute Gasteiger partial charge is 0.260 e. The Hall–Kier alpha value is -6.16. The third-order valence-electron chi connectivity index (χ3n) is 10.3. The zero-order valence-corrected chi connectivity index (χ0v) is 31.5. The molecular weight excluding hydrogens is 713 g/mol. The number of nitrogens with one attached hydrogen (secondary N) is 1. The van der Waals surface area contributed by atoms with Gasteiger partial charge in [-0.25, -0.2) is 4.99 Å². The van der Waals surface area contributed by atoms with Crippen LogP contribution in [0.3, 0.4) is 0 Å². The van der Waals surface area contributed by atoms with Gasteiger partial charge in [-0.2, -0.15) is 12.6 Å². The first-order valence-corrected chi connectivity index (χ1v) is 18.7. The summed E-state index contributed by atoms with van der Waals surface area (Å²) in [5.41, 5.74) is 8.92. The van der Waals surface area contributed by atoms with Crippen LogP contribution in [0.2, 0.25) is 0 Å². The van der Waals surface area contributed by atoms with E-state index in [0.717, 1.165) is 46.5 Å². The highest BCUT2D eigenvalue weighted by Gasteiger charge is 2.38. The number of hydrogen-bond donors (Lipinski definition) is 2. The summed E-state index contributed by atoms with van der Waals surface area (Å²) in [6, 6.07) is 29.0. The first-order chi connectivity index (χ1) is 26.9. The summed E-state index contributed by atoms with van der Waals surface area (Å²) >= 11 is 4.56. The van der Waals surface area contributed by atoms with E-state index in [1.54, 1.807) is 37.3 Å². The molecule has 0 saturated carbocycles. The molecule has 5 aromatic carbocycles. The molecule has 278 valence electrons. The SMILES string of the molecule is C=C=Nc1cc(OCc2cc(CS)cc(COc3cc4c(cc3OC)C(=O)N3c5ccccc5C[C@H]3CN4)c2)c(OC)cc1C(=O)N1CCc2ccccc21. The number of aliphatic imine (C=N–C) groups is 1. The number of rotatable bonds is 11. The van der Waals surface area contributed by atoms with Gasteiger partial charge in [0.1, 0.15) is 13.2 Å². The van der Waals surface area contributed by atoms with E-state index in [-0.39, 0.29) is 31.1 Å². The number of anilines is 3. The molecule has 0 fully saturated rings. The number of carbonyl (C=O) groups is 2. The van der Waals surface area contributed by atoms with Crippen molar-refractivity contribution in [3.05, 3.63) is 137 Å². The summed E-state index contributed by atoms with van der Waals surface area (Å²) in [5.74, 6) is 4.64. The van der Waals surface area contributed by atoms with Crippen LogP contribution in [0.25, 0.3) is 0 Å². The predicted molar refractivity (Wildman–Crippen MR) is 218 cm³/mol. The number of hydrogen-bond acceptors (Lipinski definition) is 9. The molecule has 0 aliphatic carbocycles. The van der Waals surface area contributed by atoms with E-state index in [2.05, 4.69) is 41.5 Å². The Morgan fingerprint density at radius 1 is 0.855 bits per heavy atom. The first kappa shape index (κ1) is 35.8. The molecule has 5 aromatic rings. The number of benzene rings is 5. The summed E-state index contributed by atoms with van der Waals surface area (Å²) in [7, 11) is 3.11. The Bertz CT molecular complexity index is 2370. The van der Waals surface area contributed by atoms with Gasteiger partial charge in [0.15, 0.2) is 23.0 Å². The molecular formula is C44H40N4O6S. The Labute approximate surface area is 325 Å². The number of ether oxygens (including phenoxy) is 4. The van der Waals surface area contributed by atoms with Gasteiger partial charge in [-0.15, -0.1) is 0 Å². The quantitative estimate of drug-likeness (QED) is 0.104. The molecule has 11 heteroatoms. The first-order valence-electron chi connectivity index (χ1n) is 18.1. The highest BCUT2D eigenvalue weighted by molar-refractivity contribution is 7.79. The van der Waals surface area contributed by atoms with E-state index in [4.69, 9.17) is 18.9 Å². The molecule has 0 saturated heterocycles. The molecule has 1 N–H and O–H groups in total. The Morgan fingerprint density at radius 2 is 1.51 bits per heavy atom. The van der Waals surface area contributed by atoms with Crippen molar-refractivity contribution < 1.29 is 28.5 Å². The fourth-order valence-corrected chi connectivity index (χ4v) is 7.88. The Morgan fingerprint density at radius 3 is 2.22 bits per heavy atom. The second kappa shape index (κ2) is 15.3. The number of thiol groups is 1. The highest BCUT2D eigenvalue weighted by atomic mass is 32.1. The van der Waals surface area contributed by atoms with Crippen LogP contribution < -0.4 is 34.1 Å². The number of carbonyl (C=O) groups excluding carboxylic acids is 2. The van der Waals surface area contributed by atoms with E-state index >= 15 is 0 Å². The van der Waals surface area contributed by atoms with Gasteiger partial charge >= 0.3 is 0 Å². The maximum atomic E-state index is 13.9. The molecule has 8 rings (SSSR count). The van der Waals surface area contributed by atoms with Crippen molar-refractivity contribution in [3.63, 3.8) is 0 Å². The molecule has 3 heterocycles. The Kier molecular flexibility index (Phi) is 9.97. The van der Waals surface area contributed by atoms with E-state index in [0.29, 0.717) is 64.3 Å². The molecule has 1 atom stereocenters. The average Bonchev–Trinajstić information content (AvgIpc) is 3.79. The van der Waals surface area contributed by atoms with Gasteiger partial charge in [0.2, 0.25) is 0 Å². The summed E-state index contributed by atoms with van der Waals surface area (Å²) in [4.78, 5) is 35.7. The van der Waals surface area contributed by atoms with E-state index in [9.17, 15) is 9.59 Å². The molecule has 0 bridgehead atoms. The lowest BCUT2D eigenvalue weighted by Gasteiger charge is -2.22. The second-order valence-corrected chi connectivity index (χ2v) is 13.9. The van der Waals surface area contributed by atoms with E-state index in [1.165, 1.54) is 5.56 Å². The second-order valence-electron chi connectivity index (χ2n) is 13.6. The third kappa shape index (κ3) is 6.88. The fraction of sp³-hybridized carbons (Fsp3) is 0.227. The van der Waals surface area contributed by atoms with Gasteiger partial charge in [-0.05, 0) is 83.4 Å². The van der Waals surface area contributed by atoms with Crippen molar-refractivity contribution in [2.75, 3.05) is 42.4 Å². The molecule has 2 amide bonds. The predicted octanol–water partition coefficient (Wildman–Crippen LogP) is 7.98. The van der Waals surface area contributed by atoms with E-state index < -0.39 is 0 Å². The van der Waals surface area contributed by atoms with Crippen molar-refractivity contribution >= 4 is 53.1 Å². The lowest BCUT2D eigenvalue weighted by Crippen LogP contribution is -2.39. The van der Waals surface area contributed by atoms with Crippen LogP contribution in [0.4, 0.5) is 22.7 Å². The summed E-state index contributed by atoms with van der Waals surface area (Å²) in [5, 5.41) is 3.49. The lowest BCUT2D eigenvalue weighted by atomic mass is 10.1. The molecule has 0 unspecified atom stereocenters. The summed E-state index contributed by atoms with van der Waals surface area (Å²) in [6.45, 7) is 5.27. The maximum absolute atomic E-state index is 13.9. The summed E-state index contributed by atoms with van der Waals surface area (Å²) < 4.78 is 24.1. The zero-order chi connectivity index (χ0) is 38.1. The summed E-state index contributed by atoms with van der Waals surface area (Å²) in [6.07, 6.45) is 1.58. The standard InChI is InChI=1S/C44H40N4O6S/c1-4-45-35-21-41(39(51-2)19-33(35)43(49)47-14-13-30-9-5-7-11-37(30)47)53-24-27-15-28(17-29(16-27)26-55)25-54-42-22-36-34(20-40(42)52-3)44(50)48-32(23-46-36)18-31-10-6-8-12-38(31)48/h5-12,15-17,19-22,32,46,55H,1,13-14,18,23-26H2,2-3H3/t32-/m0/s1. The number of nitrogens with zero attached hydrogens (tertiary/aromatic N) is 3. The molecule has 3 aliphatic heterocycles. The van der Waals surface area contributed by atoms with Crippen LogP contribution >= 0.6 is 12.6 Å². The normalized spacial score (nSPS) is 15.1. The van der Waals surface area contributed by atoms with Crippen LogP contribution in [0.15, 0.2) is 103 Å². The molecule has 0 aromatic heterocycles. The van der Waals surface area contributed by atoms with Gasteiger partial charge in [0.25, 0.3) is 11.8 Å². The lowest BCUT2D eigenvalue weighted by molar-refractivity contribution is 0.0978. The average molecular weight is 753 g/mol.